The summed E-state index contributed by atoms with van der Waals surface area (Å²) >= 11 is 12.5. The van der Waals surface area contributed by atoms with Gasteiger partial charge in [-0.25, -0.2) is 4.98 Å². The first-order valence-corrected chi connectivity index (χ1v) is 7.43. The van der Waals surface area contributed by atoms with E-state index >= 15 is 0 Å². The van der Waals surface area contributed by atoms with Crippen LogP contribution >= 0.6 is 23.2 Å². The smallest absolute Gasteiger partial charge is 0.108 e. The van der Waals surface area contributed by atoms with Crippen LogP contribution in [-0.2, 0) is 19.9 Å². The minimum Gasteiger partial charge on any atom is -0.338 e. The molecule has 108 valence electrons. The molecule has 0 spiro atoms. The summed E-state index contributed by atoms with van der Waals surface area (Å²) in [5, 5.41) is 4.80. The molecule has 0 fully saturated rings. The molecule has 2 aromatic rings. The largest absolute Gasteiger partial charge is 0.338 e. The highest BCUT2D eigenvalue weighted by Crippen LogP contribution is 2.26. The van der Waals surface area contributed by atoms with Gasteiger partial charge in [0, 0.05) is 41.9 Å². The van der Waals surface area contributed by atoms with Gasteiger partial charge in [-0.1, -0.05) is 29.3 Å². The van der Waals surface area contributed by atoms with Crippen LogP contribution in [0.3, 0.4) is 0 Å². The van der Waals surface area contributed by atoms with Gasteiger partial charge < -0.3 is 9.88 Å². The van der Waals surface area contributed by atoms with E-state index in [0.29, 0.717) is 6.04 Å². The monoisotopic (exact) mass is 311 g/mol. The third-order valence-electron chi connectivity index (χ3n) is 3.56. The van der Waals surface area contributed by atoms with E-state index in [1.807, 2.05) is 44.7 Å². The van der Waals surface area contributed by atoms with E-state index in [2.05, 4.69) is 14.9 Å². The summed E-state index contributed by atoms with van der Waals surface area (Å²) in [6, 6.07) is 5.96. The predicted octanol–water partition coefficient (Wildman–Crippen LogP) is 3.49. The van der Waals surface area contributed by atoms with Gasteiger partial charge in [-0.3, -0.25) is 0 Å². The van der Waals surface area contributed by atoms with E-state index in [0.717, 1.165) is 40.7 Å². The van der Waals surface area contributed by atoms with Crippen LogP contribution in [0.25, 0.3) is 0 Å². The van der Waals surface area contributed by atoms with Crippen LogP contribution in [0, 0.1) is 0 Å². The lowest BCUT2D eigenvalue weighted by molar-refractivity contribution is 0.510. The fraction of sp³-hybridized carbons (Fsp3) is 0.400. The van der Waals surface area contributed by atoms with Gasteiger partial charge in [0.1, 0.15) is 5.82 Å². The average Bonchev–Trinajstić information content (AvgIpc) is 2.83. The Kier molecular flexibility index (Phi) is 5.46. The van der Waals surface area contributed by atoms with E-state index in [4.69, 9.17) is 23.2 Å². The summed E-state index contributed by atoms with van der Waals surface area (Å²) in [4.78, 5) is 4.35. The number of hydrogen-bond acceptors (Lipinski definition) is 2. The lowest BCUT2D eigenvalue weighted by Crippen LogP contribution is -2.28. The molecule has 1 heterocycles. The van der Waals surface area contributed by atoms with Crippen molar-refractivity contribution in [3.05, 3.63) is 52.0 Å². The number of benzene rings is 1. The fourth-order valence-corrected chi connectivity index (χ4v) is 2.81. The topological polar surface area (TPSA) is 29.9 Å². The van der Waals surface area contributed by atoms with Crippen molar-refractivity contribution in [3.63, 3.8) is 0 Å². The zero-order valence-electron chi connectivity index (χ0n) is 11.7. The molecule has 0 aliphatic carbocycles. The van der Waals surface area contributed by atoms with Crippen LogP contribution in [0.5, 0.6) is 0 Å². The van der Waals surface area contributed by atoms with Crippen molar-refractivity contribution < 1.29 is 0 Å². The van der Waals surface area contributed by atoms with Crippen molar-refractivity contribution in [1.82, 2.24) is 14.9 Å². The Morgan fingerprint density at radius 1 is 1.30 bits per heavy atom. The molecule has 5 heteroatoms. The van der Waals surface area contributed by atoms with Gasteiger partial charge in [0.2, 0.25) is 0 Å². The van der Waals surface area contributed by atoms with Crippen molar-refractivity contribution in [2.24, 2.45) is 7.05 Å². The number of likely N-dealkylation sites (N-methyl/N-ethyl adjacent to an activating group) is 1. The minimum absolute atomic E-state index is 0.323. The molecule has 0 saturated carbocycles. The Morgan fingerprint density at radius 3 is 2.55 bits per heavy atom. The molecule has 0 aliphatic rings. The predicted molar refractivity (Wildman–Crippen MR) is 84.5 cm³/mol. The quantitative estimate of drug-likeness (QED) is 0.885. The minimum atomic E-state index is 0.323. The number of nitrogens with zero attached hydrogens (tertiary/aromatic N) is 2. The molecule has 0 aliphatic heterocycles. The Balaban J connectivity index is 2.01. The van der Waals surface area contributed by atoms with Gasteiger partial charge in [0.25, 0.3) is 0 Å². The number of rotatable bonds is 6. The standard InChI is InChI=1S/C15H19Cl2N3/c1-18-11(6-7-15-19-8-9-20(15)2)10-12-13(16)4-3-5-14(12)17/h3-5,8-9,11,18H,6-7,10H2,1-2H3. The first-order chi connectivity index (χ1) is 9.61. The van der Waals surface area contributed by atoms with E-state index in [9.17, 15) is 0 Å². The molecular formula is C15H19Cl2N3. The summed E-state index contributed by atoms with van der Waals surface area (Å²) in [7, 11) is 3.98. The Morgan fingerprint density at radius 2 is 2.00 bits per heavy atom. The van der Waals surface area contributed by atoms with Crippen molar-refractivity contribution >= 4 is 23.2 Å². The third-order valence-corrected chi connectivity index (χ3v) is 4.27. The Labute approximate surface area is 129 Å². The van der Waals surface area contributed by atoms with Crippen LogP contribution in [0.1, 0.15) is 17.8 Å². The molecule has 2 rings (SSSR count). The molecule has 3 nitrogen and oxygen atoms in total. The number of aromatic nitrogens is 2. The second-order valence-corrected chi connectivity index (χ2v) is 5.70. The van der Waals surface area contributed by atoms with Crippen molar-refractivity contribution in [2.45, 2.75) is 25.3 Å². The zero-order valence-corrected chi connectivity index (χ0v) is 13.2. The van der Waals surface area contributed by atoms with Crippen LogP contribution in [0.4, 0.5) is 0 Å². The molecule has 0 bridgehead atoms. The van der Waals surface area contributed by atoms with Crippen molar-refractivity contribution in [3.8, 4) is 0 Å². The molecule has 1 aromatic carbocycles. The van der Waals surface area contributed by atoms with Crippen LogP contribution in [0.15, 0.2) is 30.6 Å². The number of halogens is 2. The average molecular weight is 312 g/mol. The van der Waals surface area contributed by atoms with Crippen LogP contribution in [-0.4, -0.2) is 22.6 Å². The van der Waals surface area contributed by atoms with E-state index in [1.54, 1.807) is 0 Å². The summed E-state index contributed by atoms with van der Waals surface area (Å²) in [6.45, 7) is 0. The highest BCUT2D eigenvalue weighted by atomic mass is 35.5. The molecule has 0 radical (unpaired) electrons. The lowest BCUT2D eigenvalue weighted by atomic mass is 10.0. The number of nitrogens with one attached hydrogen (secondary N) is 1. The van der Waals surface area contributed by atoms with Gasteiger partial charge in [0.05, 0.1) is 0 Å². The molecule has 1 atom stereocenters. The van der Waals surface area contributed by atoms with Gasteiger partial charge in [0.15, 0.2) is 0 Å². The fourth-order valence-electron chi connectivity index (χ4n) is 2.26. The number of aryl methyl sites for hydroxylation is 2. The Hall–Kier alpha value is -1.03. The molecule has 20 heavy (non-hydrogen) atoms. The normalized spacial score (nSPS) is 12.6. The maximum absolute atomic E-state index is 6.23. The molecule has 0 saturated heterocycles. The van der Waals surface area contributed by atoms with Gasteiger partial charge in [-0.15, -0.1) is 0 Å². The SMILES string of the molecule is CNC(CCc1nccn1C)Cc1c(Cl)cccc1Cl. The summed E-state index contributed by atoms with van der Waals surface area (Å²) in [5.74, 6) is 1.09. The molecule has 1 N–H and O–H groups in total. The zero-order chi connectivity index (χ0) is 14.5. The lowest BCUT2D eigenvalue weighted by Gasteiger charge is -2.17. The molecular weight excluding hydrogens is 293 g/mol. The second kappa shape index (κ2) is 7.11. The third kappa shape index (κ3) is 3.75. The molecule has 0 amide bonds. The van der Waals surface area contributed by atoms with Crippen molar-refractivity contribution in [2.75, 3.05) is 7.05 Å². The first kappa shape index (κ1) is 15.4. The van der Waals surface area contributed by atoms with Gasteiger partial charge >= 0.3 is 0 Å². The number of imidazole rings is 1. The van der Waals surface area contributed by atoms with E-state index in [1.165, 1.54) is 0 Å². The van der Waals surface area contributed by atoms with Gasteiger partial charge in [-0.2, -0.15) is 0 Å². The highest BCUT2D eigenvalue weighted by molar-refractivity contribution is 6.35. The van der Waals surface area contributed by atoms with E-state index in [-0.39, 0.29) is 0 Å². The van der Waals surface area contributed by atoms with Crippen LogP contribution < -0.4 is 5.32 Å². The first-order valence-electron chi connectivity index (χ1n) is 6.68. The van der Waals surface area contributed by atoms with E-state index < -0.39 is 0 Å². The van der Waals surface area contributed by atoms with Crippen LogP contribution in [0.2, 0.25) is 10.0 Å². The summed E-state index contributed by atoms with van der Waals surface area (Å²) in [5.41, 5.74) is 1.01. The summed E-state index contributed by atoms with van der Waals surface area (Å²) in [6.07, 6.45) is 6.53. The summed E-state index contributed by atoms with van der Waals surface area (Å²) < 4.78 is 2.05. The molecule has 1 unspecified atom stereocenters. The maximum Gasteiger partial charge on any atom is 0.108 e. The Bertz CT molecular complexity index is 546. The van der Waals surface area contributed by atoms with Crippen molar-refractivity contribution in [1.29, 1.82) is 0 Å². The molecule has 1 aromatic heterocycles. The highest BCUT2D eigenvalue weighted by Gasteiger charge is 2.13. The number of hydrogen-bond donors (Lipinski definition) is 1. The maximum atomic E-state index is 6.23. The van der Waals surface area contributed by atoms with Gasteiger partial charge in [-0.05, 0) is 37.6 Å². The second-order valence-electron chi connectivity index (χ2n) is 4.88.